The van der Waals surface area contributed by atoms with Gasteiger partial charge in [0.25, 0.3) is 0 Å². The van der Waals surface area contributed by atoms with Gasteiger partial charge in [-0.05, 0) is 37.8 Å². The maximum Gasteiger partial charge on any atom is 0.242 e. The van der Waals surface area contributed by atoms with Crippen LogP contribution in [0.3, 0.4) is 0 Å². The van der Waals surface area contributed by atoms with Crippen molar-refractivity contribution in [3.63, 3.8) is 0 Å². The van der Waals surface area contributed by atoms with Crippen LogP contribution in [0.25, 0.3) is 0 Å². The third-order valence-electron chi connectivity index (χ3n) is 4.80. The van der Waals surface area contributed by atoms with Crippen LogP contribution < -0.4 is 5.32 Å². The van der Waals surface area contributed by atoms with E-state index >= 15 is 0 Å². The molecule has 2 amide bonds. The Morgan fingerprint density at radius 3 is 2.24 bits per heavy atom. The third kappa shape index (κ3) is 8.08. The predicted octanol–water partition coefficient (Wildman–Crippen LogP) is 3.58. The summed E-state index contributed by atoms with van der Waals surface area (Å²) in [6.07, 6.45) is 1.79. The zero-order valence-corrected chi connectivity index (χ0v) is 17.5. The van der Waals surface area contributed by atoms with Gasteiger partial charge in [-0.15, -0.1) is 0 Å². The summed E-state index contributed by atoms with van der Waals surface area (Å²) in [5.41, 5.74) is 2.13. The lowest BCUT2D eigenvalue weighted by Gasteiger charge is -2.29. The molecule has 1 N–H and O–H groups in total. The smallest absolute Gasteiger partial charge is 0.242 e. The largest absolute Gasteiger partial charge is 0.382 e. The van der Waals surface area contributed by atoms with E-state index in [0.29, 0.717) is 39.1 Å². The number of ether oxygens (including phenoxy) is 1. The fourth-order valence-corrected chi connectivity index (χ4v) is 3.08. The van der Waals surface area contributed by atoms with Gasteiger partial charge in [0.15, 0.2) is 0 Å². The van der Waals surface area contributed by atoms with E-state index < -0.39 is 6.04 Å². The second-order valence-corrected chi connectivity index (χ2v) is 7.01. The standard InChI is InChI=1S/C24H32N2O3/c1-3-29-18-10-17-25-24(28)20(2)26(19-22-13-8-5-9-14-22)23(27)16-15-21-11-6-4-7-12-21/h4-9,11-14,20H,3,10,15-19H2,1-2H3,(H,25,28). The molecule has 1 atom stereocenters. The highest BCUT2D eigenvalue weighted by Crippen LogP contribution is 2.13. The van der Waals surface area contributed by atoms with Crippen molar-refractivity contribution in [2.45, 2.75) is 45.7 Å². The molecule has 0 aliphatic heterocycles. The van der Waals surface area contributed by atoms with E-state index in [1.165, 1.54) is 0 Å². The topological polar surface area (TPSA) is 58.6 Å². The van der Waals surface area contributed by atoms with E-state index in [1.54, 1.807) is 11.8 Å². The lowest BCUT2D eigenvalue weighted by molar-refractivity contribution is -0.140. The lowest BCUT2D eigenvalue weighted by Crippen LogP contribution is -2.48. The molecule has 5 nitrogen and oxygen atoms in total. The summed E-state index contributed by atoms with van der Waals surface area (Å²) in [5.74, 6) is -0.153. The van der Waals surface area contributed by atoms with Crippen LogP contribution in [0.1, 0.15) is 37.8 Å². The van der Waals surface area contributed by atoms with E-state index in [0.717, 1.165) is 17.5 Å². The summed E-state index contributed by atoms with van der Waals surface area (Å²) in [6.45, 7) is 5.99. The maximum atomic E-state index is 13.0. The number of benzene rings is 2. The molecular formula is C24H32N2O3. The Morgan fingerprint density at radius 2 is 1.62 bits per heavy atom. The molecule has 0 bridgehead atoms. The zero-order chi connectivity index (χ0) is 20.9. The molecule has 0 saturated heterocycles. The number of amides is 2. The number of hydrogen-bond donors (Lipinski definition) is 1. The number of hydrogen-bond acceptors (Lipinski definition) is 3. The van der Waals surface area contributed by atoms with Crippen molar-refractivity contribution >= 4 is 11.8 Å². The van der Waals surface area contributed by atoms with Crippen LogP contribution in [0.5, 0.6) is 0 Å². The number of nitrogens with zero attached hydrogens (tertiary/aromatic N) is 1. The average Bonchev–Trinajstić information content (AvgIpc) is 2.76. The Bertz CT molecular complexity index is 734. The van der Waals surface area contributed by atoms with Crippen LogP contribution in [-0.2, 0) is 27.3 Å². The van der Waals surface area contributed by atoms with Gasteiger partial charge in [-0.3, -0.25) is 9.59 Å². The molecule has 2 rings (SSSR count). The van der Waals surface area contributed by atoms with Gasteiger partial charge >= 0.3 is 0 Å². The van der Waals surface area contributed by atoms with Gasteiger partial charge in [-0.25, -0.2) is 0 Å². The van der Waals surface area contributed by atoms with Crippen molar-refractivity contribution < 1.29 is 14.3 Å². The predicted molar refractivity (Wildman–Crippen MR) is 115 cm³/mol. The Hall–Kier alpha value is -2.66. The Kier molecular flexibility index (Phi) is 9.93. The highest BCUT2D eigenvalue weighted by atomic mass is 16.5. The molecule has 0 aliphatic carbocycles. The highest BCUT2D eigenvalue weighted by Gasteiger charge is 2.25. The number of rotatable bonds is 12. The quantitative estimate of drug-likeness (QED) is 0.558. The summed E-state index contributed by atoms with van der Waals surface area (Å²) in [5, 5.41) is 2.92. The molecule has 156 valence electrons. The molecule has 29 heavy (non-hydrogen) atoms. The molecule has 2 aromatic rings. The number of nitrogens with one attached hydrogen (secondary N) is 1. The average molecular weight is 397 g/mol. The molecule has 2 aromatic carbocycles. The van der Waals surface area contributed by atoms with E-state index in [4.69, 9.17) is 4.74 Å². The van der Waals surface area contributed by atoms with Crippen molar-refractivity contribution in [3.05, 3.63) is 71.8 Å². The van der Waals surface area contributed by atoms with E-state index in [9.17, 15) is 9.59 Å². The molecule has 0 spiro atoms. The minimum absolute atomic E-state index is 0.0188. The van der Waals surface area contributed by atoms with E-state index in [2.05, 4.69) is 5.32 Å². The van der Waals surface area contributed by atoms with Gasteiger partial charge in [0.1, 0.15) is 6.04 Å². The van der Waals surface area contributed by atoms with Crippen molar-refractivity contribution in [1.82, 2.24) is 10.2 Å². The van der Waals surface area contributed by atoms with Crippen molar-refractivity contribution in [2.75, 3.05) is 19.8 Å². The molecule has 1 unspecified atom stereocenters. The van der Waals surface area contributed by atoms with Gasteiger partial charge in [-0.2, -0.15) is 0 Å². The van der Waals surface area contributed by atoms with Gasteiger partial charge in [0, 0.05) is 32.7 Å². The van der Waals surface area contributed by atoms with Crippen LogP contribution in [-0.4, -0.2) is 42.5 Å². The van der Waals surface area contributed by atoms with Crippen LogP contribution in [0, 0.1) is 0 Å². The lowest BCUT2D eigenvalue weighted by atomic mass is 10.1. The molecule has 0 aromatic heterocycles. The Labute approximate surface area is 174 Å². The summed E-state index contributed by atoms with van der Waals surface area (Å²) < 4.78 is 5.30. The number of carbonyl (C=O) groups excluding carboxylic acids is 2. The Balaban J connectivity index is 1.99. The molecular weight excluding hydrogens is 364 g/mol. The van der Waals surface area contributed by atoms with Crippen LogP contribution in [0.4, 0.5) is 0 Å². The highest BCUT2D eigenvalue weighted by molar-refractivity contribution is 5.87. The minimum atomic E-state index is -0.537. The first-order valence-electron chi connectivity index (χ1n) is 10.3. The van der Waals surface area contributed by atoms with Gasteiger partial charge in [0.05, 0.1) is 0 Å². The summed E-state index contributed by atoms with van der Waals surface area (Å²) in [6, 6.07) is 19.2. The second-order valence-electron chi connectivity index (χ2n) is 7.01. The van der Waals surface area contributed by atoms with Gasteiger partial charge < -0.3 is 15.0 Å². The van der Waals surface area contributed by atoms with E-state index in [1.807, 2.05) is 67.6 Å². The van der Waals surface area contributed by atoms with Crippen molar-refractivity contribution in [2.24, 2.45) is 0 Å². The number of aryl methyl sites for hydroxylation is 1. The van der Waals surface area contributed by atoms with Crippen LogP contribution >= 0.6 is 0 Å². The third-order valence-corrected chi connectivity index (χ3v) is 4.80. The number of carbonyl (C=O) groups is 2. The van der Waals surface area contributed by atoms with Gasteiger partial charge in [0.2, 0.25) is 11.8 Å². The SMILES string of the molecule is CCOCCCNC(=O)C(C)N(Cc1ccccc1)C(=O)CCc1ccccc1. The normalized spacial score (nSPS) is 11.7. The molecule has 0 heterocycles. The molecule has 0 saturated carbocycles. The summed E-state index contributed by atoms with van der Waals surface area (Å²) in [4.78, 5) is 27.3. The van der Waals surface area contributed by atoms with Gasteiger partial charge in [-0.1, -0.05) is 60.7 Å². The molecule has 0 radical (unpaired) electrons. The first kappa shape index (κ1) is 22.6. The van der Waals surface area contributed by atoms with E-state index in [-0.39, 0.29) is 11.8 Å². The van der Waals surface area contributed by atoms with Crippen molar-refractivity contribution in [1.29, 1.82) is 0 Å². The first-order valence-corrected chi connectivity index (χ1v) is 10.3. The van der Waals surface area contributed by atoms with Crippen LogP contribution in [0.15, 0.2) is 60.7 Å². The fourth-order valence-electron chi connectivity index (χ4n) is 3.08. The molecule has 5 heteroatoms. The monoisotopic (exact) mass is 396 g/mol. The van der Waals surface area contributed by atoms with Crippen molar-refractivity contribution in [3.8, 4) is 0 Å². The van der Waals surface area contributed by atoms with Crippen LogP contribution in [0.2, 0.25) is 0 Å². The molecule has 0 aliphatic rings. The maximum absolute atomic E-state index is 13.0. The summed E-state index contributed by atoms with van der Waals surface area (Å²) >= 11 is 0. The fraction of sp³-hybridized carbons (Fsp3) is 0.417. The minimum Gasteiger partial charge on any atom is -0.382 e. The zero-order valence-electron chi connectivity index (χ0n) is 17.5. The second kappa shape index (κ2) is 12.7. The summed E-state index contributed by atoms with van der Waals surface area (Å²) in [7, 11) is 0. The first-order chi connectivity index (χ1) is 14.1. The molecule has 0 fully saturated rings. The Morgan fingerprint density at radius 1 is 1.00 bits per heavy atom.